The summed E-state index contributed by atoms with van der Waals surface area (Å²) in [6.45, 7) is 0.307. The number of hydrogen-bond donors (Lipinski definition) is 0. The van der Waals surface area contributed by atoms with Gasteiger partial charge in [0.1, 0.15) is 0 Å². The quantitative estimate of drug-likeness (QED) is 0.841. The molecular weight excluding hydrogens is 238 g/mol. The molecule has 0 saturated carbocycles. The first-order valence-corrected chi connectivity index (χ1v) is 6.18. The lowest BCUT2D eigenvalue weighted by Crippen LogP contribution is -1.93. The van der Waals surface area contributed by atoms with Crippen molar-refractivity contribution in [3.05, 3.63) is 59.2 Å². The Balaban J connectivity index is 1.76. The minimum Gasteiger partial charge on any atom is -0.454 e. The molecule has 0 aliphatic carbocycles. The minimum absolute atomic E-state index is 0.307. The number of rotatable bonds is 3. The van der Waals surface area contributed by atoms with Gasteiger partial charge in [0.2, 0.25) is 6.79 Å². The predicted octanol–water partition coefficient (Wildman–Crippen LogP) is 3.07. The molecule has 0 spiro atoms. The Kier molecular flexibility index (Phi) is 3.07. The van der Waals surface area contributed by atoms with Crippen molar-refractivity contribution >= 4 is 0 Å². The lowest BCUT2D eigenvalue weighted by atomic mass is 10.0. The van der Waals surface area contributed by atoms with Gasteiger partial charge in [0.15, 0.2) is 11.5 Å². The van der Waals surface area contributed by atoms with Crippen LogP contribution in [0.25, 0.3) is 0 Å². The first kappa shape index (κ1) is 11.6. The van der Waals surface area contributed by atoms with E-state index in [-0.39, 0.29) is 0 Å². The van der Waals surface area contributed by atoms with E-state index in [1.54, 1.807) is 0 Å². The molecule has 3 nitrogen and oxygen atoms in total. The second kappa shape index (κ2) is 5.03. The van der Waals surface area contributed by atoms with Crippen LogP contribution in [0.2, 0.25) is 0 Å². The highest BCUT2D eigenvalue weighted by molar-refractivity contribution is 5.45. The van der Waals surface area contributed by atoms with Gasteiger partial charge in [-0.15, -0.1) is 0 Å². The van der Waals surface area contributed by atoms with Crippen LogP contribution in [0.15, 0.2) is 42.5 Å². The topological polar surface area (TPSA) is 42.2 Å². The van der Waals surface area contributed by atoms with Gasteiger partial charge < -0.3 is 9.47 Å². The third-order valence-corrected chi connectivity index (χ3v) is 3.15. The molecule has 94 valence electrons. The van der Waals surface area contributed by atoms with Gasteiger partial charge in [-0.1, -0.05) is 30.3 Å². The zero-order chi connectivity index (χ0) is 13.1. The van der Waals surface area contributed by atoms with Crippen molar-refractivity contribution in [1.29, 1.82) is 5.26 Å². The van der Waals surface area contributed by atoms with Crippen LogP contribution >= 0.6 is 0 Å². The highest BCUT2D eigenvalue weighted by Gasteiger charge is 2.13. The maximum atomic E-state index is 8.64. The SMILES string of the molecule is N#CCc1ccc(Cc2ccc3c(c2)OCO3)cc1. The van der Waals surface area contributed by atoms with Gasteiger partial charge in [-0.05, 0) is 35.2 Å². The highest BCUT2D eigenvalue weighted by atomic mass is 16.7. The standard InChI is InChI=1S/C16H13NO2/c17-8-7-12-1-3-13(4-2-12)9-14-5-6-15-16(10-14)19-11-18-15/h1-6,10H,7,9,11H2. The van der Waals surface area contributed by atoms with Crippen LogP contribution < -0.4 is 9.47 Å². The normalized spacial score (nSPS) is 12.2. The van der Waals surface area contributed by atoms with E-state index >= 15 is 0 Å². The molecule has 2 aromatic carbocycles. The molecule has 0 fully saturated rings. The monoisotopic (exact) mass is 251 g/mol. The smallest absolute Gasteiger partial charge is 0.231 e. The molecule has 19 heavy (non-hydrogen) atoms. The molecule has 0 unspecified atom stereocenters. The van der Waals surface area contributed by atoms with Crippen LogP contribution in [-0.2, 0) is 12.8 Å². The third-order valence-electron chi connectivity index (χ3n) is 3.15. The van der Waals surface area contributed by atoms with Crippen molar-refractivity contribution in [2.75, 3.05) is 6.79 Å². The summed E-state index contributed by atoms with van der Waals surface area (Å²) in [4.78, 5) is 0. The Bertz CT molecular complexity index is 626. The van der Waals surface area contributed by atoms with Gasteiger partial charge >= 0.3 is 0 Å². The van der Waals surface area contributed by atoms with Crippen molar-refractivity contribution in [2.24, 2.45) is 0 Å². The second-order valence-electron chi connectivity index (χ2n) is 4.52. The average molecular weight is 251 g/mol. The summed E-state index contributed by atoms with van der Waals surface area (Å²) in [5.74, 6) is 1.63. The van der Waals surface area contributed by atoms with E-state index < -0.39 is 0 Å². The van der Waals surface area contributed by atoms with E-state index in [0.29, 0.717) is 13.2 Å². The summed E-state index contributed by atoms with van der Waals surface area (Å²) >= 11 is 0. The first-order chi connectivity index (χ1) is 9.35. The summed E-state index contributed by atoms with van der Waals surface area (Å²) in [7, 11) is 0. The average Bonchev–Trinajstić information content (AvgIpc) is 2.89. The van der Waals surface area contributed by atoms with Gasteiger partial charge in [-0.2, -0.15) is 5.26 Å². The molecule has 0 bridgehead atoms. The van der Waals surface area contributed by atoms with E-state index in [9.17, 15) is 0 Å². The molecule has 0 saturated heterocycles. The van der Waals surface area contributed by atoms with E-state index in [2.05, 4.69) is 24.3 Å². The third kappa shape index (κ3) is 2.53. The van der Waals surface area contributed by atoms with Crippen molar-refractivity contribution in [1.82, 2.24) is 0 Å². The fourth-order valence-electron chi connectivity index (χ4n) is 2.15. The van der Waals surface area contributed by atoms with Crippen LogP contribution in [0.5, 0.6) is 11.5 Å². The minimum atomic E-state index is 0.307. The van der Waals surface area contributed by atoms with Gasteiger partial charge in [-0.3, -0.25) is 0 Å². The molecule has 3 heteroatoms. The van der Waals surface area contributed by atoms with Gasteiger partial charge in [0, 0.05) is 0 Å². The fraction of sp³-hybridized carbons (Fsp3) is 0.188. The van der Waals surface area contributed by atoms with E-state index in [1.165, 1.54) is 11.1 Å². The molecule has 0 N–H and O–H groups in total. The maximum Gasteiger partial charge on any atom is 0.231 e. The van der Waals surface area contributed by atoms with Crippen LogP contribution in [-0.4, -0.2) is 6.79 Å². The molecule has 1 aliphatic rings. The number of fused-ring (bicyclic) bond motifs is 1. The lowest BCUT2D eigenvalue weighted by Gasteiger charge is -2.04. The maximum absolute atomic E-state index is 8.64. The zero-order valence-electron chi connectivity index (χ0n) is 10.4. The second-order valence-corrected chi connectivity index (χ2v) is 4.52. The van der Waals surface area contributed by atoms with E-state index in [0.717, 1.165) is 23.5 Å². The Labute approximate surface area is 112 Å². The van der Waals surface area contributed by atoms with Crippen LogP contribution in [0.4, 0.5) is 0 Å². The van der Waals surface area contributed by atoms with Crippen LogP contribution in [0.1, 0.15) is 16.7 Å². The van der Waals surface area contributed by atoms with Gasteiger partial charge in [0.05, 0.1) is 12.5 Å². The zero-order valence-corrected chi connectivity index (χ0v) is 10.4. The van der Waals surface area contributed by atoms with Crippen LogP contribution in [0, 0.1) is 11.3 Å². The van der Waals surface area contributed by atoms with Crippen molar-refractivity contribution < 1.29 is 9.47 Å². The first-order valence-electron chi connectivity index (χ1n) is 6.18. The Morgan fingerprint density at radius 2 is 1.58 bits per heavy atom. The molecule has 1 aliphatic heterocycles. The van der Waals surface area contributed by atoms with Crippen molar-refractivity contribution in [2.45, 2.75) is 12.8 Å². The Morgan fingerprint density at radius 3 is 2.37 bits per heavy atom. The number of nitrogens with zero attached hydrogens (tertiary/aromatic N) is 1. The molecule has 0 radical (unpaired) electrons. The lowest BCUT2D eigenvalue weighted by molar-refractivity contribution is 0.174. The molecule has 0 atom stereocenters. The van der Waals surface area contributed by atoms with E-state index in [4.69, 9.17) is 14.7 Å². The molecule has 0 amide bonds. The highest BCUT2D eigenvalue weighted by Crippen LogP contribution is 2.33. The predicted molar refractivity (Wildman–Crippen MR) is 71.1 cm³/mol. The fourth-order valence-corrected chi connectivity index (χ4v) is 2.15. The van der Waals surface area contributed by atoms with Crippen molar-refractivity contribution in [3.63, 3.8) is 0 Å². The number of hydrogen-bond acceptors (Lipinski definition) is 3. The summed E-state index contributed by atoms with van der Waals surface area (Å²) < 4.78 is 10.7. The van der Waals surface area contributed by atoms with E-state index in [1.807, 2.05) is 24.3 Å². The Hall–Kier alpha value is -2.47. The van der Waals surface area contributed by atoms with Crippen molar-refractivity contribution in [3.8, 4) is 17.6 Å². The molecule has 3 rings (SSSR count). The molecule has 0 aromatic heterocycles. The number of nitriles is 1. The van der Waals surface area contributed by atoms with Gasteiger partial charge in [-0.25, -0.2) is 0 Å². The summed E-state index contributed by atoms with van der Waals surface area (Å²) in [6.07, 6.45) is 1.31. The summed E-state index contributed by atoms with van der Waals surface area (Å²) in [5, 5.41) is 8.64. The summed E-state index contributed by atoms with van der Waals surface area (Å²) in [6, 6.07) is 16.3. The van der Waals surface area contributed by atoms with Crippen LogP contribution in [0.3, 0.4) is 0 Å². The summed E-state index contributed by atoms with van der Waals surface area (Å²) in [5.41, 5.74) is 3.47. The number of ether oxygens (including phenoxy) is 2. The molecular formula is C16H13NO2. The Morgan fingerprint density at radius 1 is 0.895 bits per heavy atom. The van der Waals surface area contributed by atoms with Gasteiger partial charge in [0.25, 0.3) is 0 Å². The largest absolute Gasteiger partial charge is 0.454 e. The molecule has 1 heterocycles. The number of benzene rings is 2. The molecule has 2 aromatic rings.